The second-order valence-corrected chi connectivity index (χ2v) is 6.99. The fourth-order valence-corrected chi connectivity index (χ4v) is 3.17. The highest BCUT2D eigenvalue weighted by atomic mass is 19.1. The van der Waals surface area contributed by atoms with Crippen LogP contribution >= 0.6 is 0 Å². The van der Waals surface area contributed by atoms with E-state index >= 15 is 0 Å². The van der Waals surface area contributed by atoms with Crippen molar-refractivity contribution >= 4 is 0 Å². The number of fused-ring (bicyclic) bond motifs is 1. The third kappa shape index (κ3) is 2.38. The largest absolute Gasteiger partial charge is 0.380 e. The normalized spacial score (nSPS) is 21.4. The van der Waals surface area contributed by atoms with Gasteiger partial charge in [0.2, 0.25) is 0 Å². The summed E-state index contributed by atoms with van der Waals surface area (Å²) in [6.07, 6.45) is 1.32. The highest BCUT2D eigenvalue weighted by molar-refractivity contribution is 5.46. The fourth-order valence-electron chi connectivity index (χ4n) is 3.17. The maximum atomic E-state index is 13.3. The maximum absolute atomic E-state index is 13.3. The molecule has 21 heavy (non-hydrogen) atoms. The predicted molar refractivity (Wildman–Crippen MR) is 82.9 cm³/mol. The van der Waals surface area contributed by atoms with E-state index in [0.717, 1.165) is 16.7 Å². The van der Waals surface area contributed by atoms with E-state index in [1.807, 2.05) is 12.1 Å². The number of halogens is 1. The summed E-state index contributed by atoms with van der Waals surface area (Å²) in [6, 6.07) is 12.8. The van der Waals surface area contributed by atoms with Crippen molar-refractivity contribution in [3.63, 3.8) is 0 Å². The number of rotatable bonds is 1. The molecular formula is C19H21FO. The quantitative estimate of drug-likeness (QED) is 0.827. The van der Waals surface area contributed by atoms with Crippen LogP contribution < -0.4 is 0 Å². The van der Waals surface area contributed by atoms with Crippen molar-refractivity contribution in [2.24, 2.45) is 0 Å². The Kier molecular flexibility index (Phi) is 3.18. The van der Waals surface area contributed by atoms with Gasteiger partial charge in [-0.05, 0) is 52.6 Å². The van der Waals surface area contributed by atoms with Crippen LogP contribution in [0.25, 0.3) is 0 Å². The van der Waals surface area contributed by atoms with Gasteiger partial charge in [0.1, 0.15) is 11.4 Å². The second-order valence-electron chi connectivity index (χ2n) is 6.99. The van der Waals surface area contributed by atoms with Crippen LogP contribution in [0.2, 0.25) is 0 Å². The first-order valence-corrected chi connectivity index (χ1v) is 7.43. The molecule has 2 aromatic rings. The first-order chi connectivity index (χ1) is 9.80. The van der Waals surface area contributed by atoms with Gasteiger partial charge in [0.15, 0.2) is 0 Å². The van der Waals surface area contributed by atoms with E-state index in [-0.39, 0.29) is 11.2 Å². The van der Waals surface area contributed by atoms with Gasteiger partial charge in [-0.25, -0.2) is 4.39 Å². The number of aryl methyl sites for hydroxylation is 1. The number of hydrogen-bond donors (Lipinski definition) is 1. The molecule has 2 heteroatoms. The van der Waals surface area contributed by atoms with E-state index in [0.29, 0.717) is 12.8 Å². The monoisotopic (exact) mass is 284 g/mol. The Morgan fingerprint density at radius 2 is 1.71 bits per heavy atom. The Hall–Kier alpha value is -1.67. The lowest BCUT2D eigenvalue weighted by molar-refractivity contribution is 0.0829. The maximum Gasteiger partial charge on any atom is 0.123 e. The summed E-state index contributed by atoms with van der Waals surface area (Å²) in [5, 5.41) is 11.1. The summed E-state index contributed by atoms with van der Waals surface area (Å²) in [7, 11) is 0. The standard InChI is InChI=1S/C19H21FO/c1-18(2,3)14-4-6-15(7-5-14)19(21)11-10-13-12-16(20)8-9-17(13)19/h4-9,12,21H,10-11H2,1-3H3. The molecule has 0 heterocycles. The molecule has 0 saturated heterocycles. The first kappa shape index (κ1) is 14.3. The summed E-state index contributed by atoms with van der Waals surface area (Å²) in [5.74, 6) is -0.235. The minimum atomic E-state index is -0.987. The van der Waals surface area contributed by atoms with Crippen LogP contribution in [-0.2, 0) is 17.4 Å². The van der Waals surface area contributed by atoms with Crippen molar-refractivity contribution < 1.29 is 9.50 Å². The van der Waals surface area contributed by atoms with Crippen molar-refractivity contribution in [1.29, 1.82) is 0 Å². The fraction of sp³-hybridized carbons (Fsp3) is 0.368. The molecule has 1 nitrogen and oxygen atoms in total. The smallest absolute Gasteiger partial charge is 0.123 e. The average molecular weight is 284 g/mol. The van der Waals surface area contributed by atoms with Crippen LogP contribution in [0.3, 0.4) is 0 Å². The number of benzene rings is 2. The van der Waals surface area contributed by atoms with Crippen molar-refractivity contribution in [2.75, 3.05) is 0 Å². The van der Waals surface area contributed by atoms with Gasteiger partial charge in [-0.2, -0.15) is 0 Å². The van der Waals surface area contributed by atoms with Crippen LogP contribution in [0.4, 0.5) is 4.39 Å². The van der Waals surface area contributed by atoms with Crippen molar-refractivity contribution in [3.8, 4) is 0 Å². The lowest BCUT2D eigenvalue weighted by atomic mass is 9.83. The van der Waals surface area contributed by atoms with Crippen LogP contribution in [0.15, 0.2) is 42.5 Å². The Labute approximate surface area is 125 Å². The zero-order valence-electron chi connectivity index (χ0n) is 12.8. The lowest BCUT2D eigenvalue weighted by Crippen LogP contribution is -2.24. The average Bonchev–Trinajstić information content (AvgIpc) is 2.76. The predicted octanol–water partition coefficient (Wildman–Crippen LogP) is 4.31. The Balaban J connectivity index is 2.02. The van der Waals surface area contributed by atoms with Gasteiger partial charge in [-0.1, -0.05) is 51.1 Å². The molecule has 0 fully saturated rings. The van der Waals surface area contributed by atoms with Gasteiger partial charge in [0, 0.05) is 0 Å². The van der Waals surface area contributed by atoms with Crippen LogP contribution in [0.5, 0.6) is 0 Å². The third-order valence-corrected chi connectivity index (χ3v) is 4.50. The van der Waals surface area contributed by atoms with E-state index in [1.165, 1.54) is 17.7 Å². The van der Waals surface area contributed by atoms with Crippen molar-refractivity contribution in [2.45, 2.75) is 44.6 Å². The van der Waals surface area contributed by atoms with Crippen LogP contribution in [-0.4, -0.2) is 5.11 Å². The highest BCUT2D eigenvalue weighted by Crippen LogP contribution is 2.42. The summed E-state index contributed by atoms with van der Waals surface area (Å²) in [4.78, 5) is 0. The molecule has 110 valence electrons. The van der Waals surface area contributed by atoms with Gasteiger partial charge in [0.05, 0.1) is 0 Å². The number of hydrogen-bond acceptors (Lipinski definition) is 1. The van der Waals surface area contributed by atoms with E-state index in [1.54, 1.807) is 6.07 Å². The van der Waals surface area contributed by atoms with Crippen molar-refractivity contribution in [1.82, 2.24) is 0 Å². The zero-order valence-corrected chi connectivity index (χ0v) is 12.8. The van der Waals surface area contributed by atoms with Gasteiger partial charge in [-0.15, -0.1) is 0 Å². The number of aliphatic hydroxyl groups is 1. The van der Waals surface area contributed by atoms with Gasteiger partial charge in [0.25, 0.3) is 0 Å². The molecular weight excluding hydrogens is 263 g/mol. The van der Waals surface area contributed by atoms with Gasteiger partial charge >= 0.3 is 0 Å². The zero-order chi connectivity index (χ0) is 15.3. The summed E-state index contributed by atoms with van der Waals surface area (Å²) >= 11 is 0. The second kappa shape index (κ2) is 4.67. The molecule has 1 N–H and O–H groups in total. The molecule has 0 bridgehead atoms. The highest BCUT2D eigenvalue weighted by Gasteiger charge is 2.38. The topological polar surface area (TPSA) is 20.2 Å². The Morgan fingerprint density at radius 1 is 1.05 bits per heavy atom. The van der Waals surface area contributed by atoms with E-state index < -0.39 is 5.60 Å². The van der Waals surface area contributed by atoms with Crippen LogP contribution in [0, 0.1) is 5.82 Å². The molecule has 2 aromatic carbocycles. The molecule has 0 aliphatic heterocycles. The molecule has 1 aliphatic rings. The van der Waals surface area contributed by atoms with Crippen molar-refractivity contribution in [3.05, 3.63) is 70.5 Å². The molecule has 1 aliphatic carbocycles. The summed E-state index contributed by atoms with van der Waals surface area (Å²) in [6.45, 7) is 6.51. The first-order valence-electron chi connectivity index (χ1n) is 7.43. The molecule has 0 amide bonds. The third-order valence-electron chi connectivity index (χ3n) is 4.50. The van der Waals surface area contributed by atoms with Crippen LogP contribution in [0.1, 0.15) is 49.4 Å². The molecule has 1 atom stereocenters. The molecule has 1 unspecified atom stereocenters. The molecule has 0 saturated carbocycles. The van der Waals surface area contributed by atoms with E-state index in [4.69, 9.17) is 0 Å². The van der Waals surface area contributed by atoms with E-state index in [9.17, 15) is 9.50 Å². The van der Waals surface area contributed by atoms with Gasteiger partial charge in [-0.3, -0.25) is 0 Å². The minimum Gasteiger partial charge on any atom is -0.380 e. The Bertz CT molecular complexity index is 667. The molecule has 0 radical (unpaired) electrons. The lowest BCUT2D eigenvalue weighted by Gasteiger charge is -2.26. The van der Waals surface area contributed by atoms with Gasteiger partial charge < -0.3 is 5.11 Å². The Morgan fingerprint density at radius 3 is 2.33 bits per heavy atom. The molecule has 0 aromatic heterocycles. The molecule has 0 spiro atoms. The summed E-state index contributed by atoms with van der Waals surface area (Å²) in [5.41, 5.74) is 3.00. The minimum absolute atomic E-state index is 0.0951. The van der Waals surface area contributed by atoms with E-state index in [2.05, 4.69) is 32.9 Å². The molecule has 3 rings (SSSR count). The SMILES string of the molecule is CC(C)(C)c1ccc(C2(O)CCc3cc(F)ccc32)cc1. The summed E-state index contributed by atoms with van der Waals surface area (Å²) < 4.78 is 13.3.